The third-order valence-electron chi connectivity index (χ3n) is 1.89. The minimum absolute atomic E-state index is 0.111. The lowest BCUT2D eigenvalue weighted by molar-refractivity contribution is 0.0690. The second-order valence-electron chi connectivity index (χ2n) is 3.09. The van der Waals surface area contributed by atoms with E-state index in [0.29, 0.717) is 11.4 Å². The van der Waals surface area contributed by atoms with Gasteiger partial charge in [-0.15, -0.1) is 0 Å². The highest BCUT2D eigenvalue weighted by Crippen LogP contribution is 2.17. The fraction of sp³-hybridized carbons (Fsp3) is 0.111. The van der Waals surface area contributed by atoms with Crippen LogP contribution >= 0.6 is 11.6 Å². The summed E-state index contributed by atoms with van der Waals surface area (Å²) >= 11 is 5.63. The van der Waals surface area contributed by atoms with Crippen LogP contribution in [0.25, 0.3) is 11.4 Å². The van der Waals surface area contributed by atoms with Gasteiger partial charge in [-0.2, -0.15) is 5.10 Å². The summed E-state index contributed by atoms with van der Waals surface area (Å²) in [6.07, 6.45) is 1.73. The molecular formula is C9H7ClN4O2. The van der Waals surface area contributed by atoms with Gasteiger partial charge in [0.05, 0.1) is 5.69 Å². The van der Waals surface area contributed by atoms with Crippen LogP contribution in [0, 0.1) is 0 Å². The Balaban J connectivity index is 2.53. The largest absolute Gasteiger partial charge is 0.477 e. The number of rotatable bonds is 2. The lowest BCUT2D eigenvalue weighted by Gasteiger charge is -1.99. The van der Waals surface area contributed by atoms with Gasteiger partial charge in [-0.05, 0) is 23.7 Å². The summed E-state index contributed by atoms with van der Waals surface area (Å²) in [6.45, 7) is 0. The SMILES string of the molecule is Cn1ccc(-c2cc(C(=O)O)nc(Cl)n2)n1. The van der Waals surface area contributed by atoms with Crippen molar-refractivity contribution in [2.24, 2.45) is 7.05 Å². The van der Waals surface area contributed by atoms with E-state index < -0.39 is 5.97 Å². The summed E-state index contributed by atoms with van der Waals surface area (Å²) in [5, 5.41) is 12.8. The number of hydrogen-bond acceptors (Lipinski definition) is 4. The van der Waals surface area contributed by atoms with Crippen molar-refractivity contribution in [3.8, 4) is 11.4 Å². The van der Waals surface area contributed by atoms with Gasteiger partial charge in [0.25, 0.3) is 0 Å². The lowest BCUT2D eigenvalue weighted by Crippen LogP contribution is -2.02. The highest BCUT2D eigenvalue weighted by molar-refractivity contribution is 6.28. The maximum Gasteiger partial charge on any atom is 0.354 e. The summed E-state index contributed by atoms with van der Waals surface area (Å²) in [6, 6.07) is 3.04. The first-order chi connectivity index (χ1) is 7.56. The molecule has 16 heavy (non-hydrogen) atoms. The zero-order valence-corrected chi connectivity index (χ0v) is 9.01. The third-order valence-corrected chi connectivity index (χ3v) is 2.06. The maximum atomic E-state index is 10.8. The third kappa shape index (κ3) is 2.01. The molecule has 0 fully saturated rings. The van der Waals surface area contributed by atoms with Crippen LogP contribution in [-0.4, -0.2) is 30.8 Å². The van der Waals surface area contributed by atoms with Crippen LogP contribution < -0.4 is 0 Å². The van der Waals surface area contributed by atoms with Crippen molar-refractivity contribution in [3.63, 3.8) is 0 Å². The maximum absolute atomic E-state index is 10.8. The minimum Gasteiger partial charge on any atom is -0.477 e. The standard InChI is InChI=1S/C9H7ClN4O2/c1-14-3-2-5(13-14)6-4-7(8(15)16)12-9(10)11-6/h2-4H,1H3,(H,15,16). The molecule has 2 rings (SSSR count). The molecule has 2 aromatic heterocycles. The predicted octanol–water partition coefficient (Wildman–Crippen LogP) is 1.23. The van der Waals surface area contributed by atoms with Gasteiger partial charge < -0.3 is 5.11 Å². The Morgan fingerprint density at radius 3 is 2.75 bits per heavy atom. The fourth-order valence-electron chi connectivity index (χ4n) is 1.21. The number of carboxylic acid groups (broad SMARTS) is 1. The van der Waals surface area contributed by atoms with E-state index in [1.165, 1.54) is 6.07 Å². The molecule has 6 nitrogen and oxygen atoms in total. The molecule has 0 aliphatic heterocycles. The Morgan fingerprint density at radius 1 is 1.44 bits per heavy atom. The topological polar surface area (TPSA) is 80.9 Å². The Bertz CT molecular complexity index is 552. The number of nitrogens with zero attached hydrogens (tertiary/aromatic N) is 4. The first kappa shape index (κ1) is 10.6. The Morgan fingerprint density at radius 2 is 2.19 bits per heavy atom. The number of aromatic carboxylic acids is 1. The molecular weight excluding hydrogens is 232 g/mol. The van der Waals surface area contributed by atoms with Gasteiger partial charge in [0.1, 0.15) is 5.69 Å². The van der Waals surface area contributed by atoms with E-state index in [4.69, 9.17) is 16.7 Å². The summed E-state index contributed by atoms with van der Waals surface area (Å²) < 4.78 is 1.59. The Hall–Kier alpha value is -1.95. The van der Waals surface area contributed by atoms with E-state index in [-0.39, 0.29) is 11.0 Å². The van der Waals surface area contributed by atoms with E-state index >= 15 is 0 Å². The quantitative estimate of drug-likeness (QED) is 0.796. The van der Waals surface area contributed by atoms with Crippen LogP contribution in [0.2, 0.25) is 5.28 Å². The number of aryl methyl sites for hydroxylation is 1. The summed E-state index contributed by atoms with van der Waals surface area (Å²) in [4.78, 5) is 18.3. The van der Waals surface area contributed by atoms with Gasteiger partial charge in [0, 0.05) is 13.2 Å². The molecule has 0 aliphatic rings. The molecule has 2 heterocycles. The molecule has 0 unspecified atom stereocenters. The summed E-state index contributed by atoms with van der Waals surface area (Å²) in [7, 11) is 1.75. The van der Waals surface area contributed by atoms with Crippen LogP contribution in [0.15, 0.2) is 18.3 Å². The molecule has 82 valence electrons. The summed E-state index contributed by atoms with van der Waals surface area (Å²) in [5.41, 5.74) is 0.785. The van der Waals surface area contributed by atoms with Crippen molar-refractivity contribution in [2.45, 2.75) is 0 Å². The lowest BCUT2D eigenvalue weighted by atomic mass is 10.2. The second kappa shape index (κ2) is 3.90. The van der Waals surface area contributed by atoms with Crippen molar-refractivity contribution in [1.29, 1.82) is 0 Å². The normalized spacial score (nSPS) is 10.4. The Labute approximate surface area is 95.5 Å². The van der Waals surface area contributed by atoms with Gasteiger partial charge >= 0.3 is 5.97 Å². The van der Waals surface area contributed by atoms with E-state index in [0.717, 1.165) is 0 Å². The monoisotopic (exact) mass is 238 g/mol. The zero-order valence-electron chi connectivity index (χ0n) is 8.25. The average Bonchev–Trinajstić information content (AvgIpc) is 2.64. The second-order valence-corrected chi connectivity index (χ2v) is 3.43. The number of carboxylic acids is 1. The van der Waals surface area contributed by atoms with E-state index in [1.807, 2.05) is 0 Å². The highest BCUT2D eigenvalue weighted by atomic mass is 35.5. The molecule has 2 aromatic rings. The van der Waals surface area contributed by atoms with Crippen molar-refractivity contribution in [3.05, 3.63) is 29.3 Å². The van der Waals surface area contributed by atoms with E-state index in [9.17, 15) is 4.79 Å². The van der Waals surface area contributed by atoms with Crippen molar-refractivity contribution in [2.75, 3.05) is 0 Å². The van der Waals surface area contributed by atoms with Gasteiger partial charge in [-0.3, -0.25) is 4.68 Å². The minimum atomic E-state index is -1.15. The number of halogens is 1. The van der Waals surface area contributed by atoms with Gasteiger partial charge in [-0.25, -0.2) is 14.8 Å². The fourth-order valence-corrected chi connectivity index (χ4v) is 1.39. The molecule has 1 N–H and O–H groups in total. The van der Waals surface area contributed by atoms with Crippen molar-refractivity contribution < 1.29 is 9.90 Å². The summed E-state index contributed by atoms with van der Waals surface area (Å²) in [5.74, 6) is -1.15. The van der Waals surface area contributed by atoms with Crippen LogP contribution in [-0.2, 0) is 7.05 Å². The number of hydrogen-bond donors (Lipinski definition) is 1. The van der Waals surface area contributed by atoms with Crippen LogP contribution in [0.1, 0.15) is 10.5 Å². The molecule has 0 aliphatic carbocycles. The molecule has 0 amide bonds. The van der Waals surface area contributed by atoms with Crippen LogP contribution in [0.3, 0.4) is 0 Å². The molecule has 0 saturated carbocycles. The number of aromatic nitrogens is 4. The number of carbonyl (C=O) groups is 1. The molecule has 0 spiro atoms. The van der Waals surface area contributed by atoms with Crippen molar-refractivity contribution >= 4 is 17.6 Å². The van der Waals surface area contributed by atoms with Crippen molar-refractivity contribution in [1.82, 2.24) is 19.7 Å². The first-order valence-electron chi connectivity index (χ1n) is 4.34. The predicted molar refractivity (Wildman–Crippen MR) is 56.2 cm³/mol. The molecule has 0 radical (unpaired) electrons. The van der Waals surface area contributed by atoms with Gasteiger partial charge in [0.2, 0.25) is 5.28 Å². The van der Waals surface area contributed by atoms with Crippen LogP contribution in [0.4, 0.5) is 0 Å². The molecule has 0 aromatic carbocycles. The molecule has 0 saturated heterocycles. The zero-order chi connectivity index (χ0) is 11.7. The molecule has 7 heteroatoms. The molecule has 0 bridgehead atoms. The highest BCUT2D eigenvalue weighted by Gasteiger charge is 2.11. The molecule has 0 atom stereocenters. The van der Waals surface area contributed by atoms with Gasteiger partial charge in [0.15, 0.2) is 5.69 Å². The smallest absolute Gasteiger partial charge is 0.354 e. The van der Waals surface area contributed by atoms with E-state index in [2.05, 4.69) is 15.1 Å². The van der Waals surface area contributed by atoms with Gasteiger partial charge in [-0.1, -0.05) is 0 Å². The Kier molecular flexibility index (Phi) is 2.57. The average molecular weight is 239 g/mol. The van der Waals surface area contributed by atoms with E-state index in [1.54, 1.807) is 24.0 Å². The first-order valence-corrected chi connectivity index (χ1v) is 4.72. The van der Waals surface area contributed by atoms with Crippen LogP contribution in [0.5, 0.6) is 0 Å².